The molecule has 0 heterocycles. The van der Waals surface area contributed by atoms with Crippen molar-refractivity contribution in [3.05, 3.63) is 0 Å². The zero-order valence-electron chi connectivity index (χ0n) is 7.53. The van der Waals surface area contributed by atoms with Gasteiger partial charge < -0.3 is 15.3 Å². The van der Waals surface area contributed by atoms with Crippen LogP contribution < -0.4 is 0 Å². The molecule has 72 valence electrons. The van der Waals surface area contributed by atoms with E-state index < -0.39 is 5.79 Å². The molecular weight excluding hydrogens is 156 g/mol. The maximum absolute atomic E-state index is 9.51. The van der Waals surface area contributed by atoms with Gasteiger partial charge in [-0.3, -0.25) is 0 Å². The minimum absolute atomic E-state index is 0.0420. The van der Waals surface area contributed by atoms with E-state index >= 15 is 0 Å². The van der Waals surface area contributed by atoms with Crippen LogP contribution in [0, 0.1) is 11.8 Å². The van der Waals surface area contributed by atoms with Gasteiger partial charge in [0.25, 0.3) is 0 Å². The third kappa shape index (κ3) is 1.97. The molecule has 0 aromatic carbocycles. The lowest BCUT2D eigenvalue weighted by molar-refractivity contribution is -0.200. The van der Waals surface area contributed by atoms with E-state index in [1.807, 2.05) is 0 Å². The molecule has 1 rings (SSSR count). The second-order valence-electron chi connectivity index (χ2n) is 3.79. The molecule has 2 atom stereocenters. The topological polar surface area (TPSA) is 60.7 Å². The van der Waals surface area contributed by atoms with Gasteiger partial charge in [0.1, 0.15) is 0 Å². The van der Waals surface area contributed by atoms with Gasteiger partial charge in [-0.15, -0.1) is 0 Å². The number of aliphatic hydroxyl groups excluding tert-OH is 1. The summed E-state index contributed by atoms with van der Waals surface area (Å²) < 4.78 is 0. The molecule has 3 nitrogen and oxygen atoms in total. The Morgan fingerprint density at radius 2 is 2.00 bits per heavy atom. The maximum Gasteiger partial charge on any atom is 0.165 e. The highest BCUT2D eigenvalue weighted by Crippen LogP contribution is 2.37. The molecule has 1 fully saturated rings. The van der Waals surface area contributed by atoms with Crippen LogP contribution >= 0.6 is 0 Å². The zero-order valence-corrected chi connectivity index (χ0v) is 7.53. The van der Waals surface area contributed by atoms with E-state index in [0.717, 1.165) is 19.3 Å². The molecule has 3 N–H and O–H groups in total. The molecule has 0 spiro atoms. The van der Waals surface area contributed by atoms with Gasteiger partial charge in [0, 0.05) is 12.5 Å². The van der Waals surface area contributed by atoms with E-state index in [4.69, 9.17) is 5.11 Å². The molecule has 12 heavy (non-hydrogen) atoms. The average molecular weight is 174 g/mol. The van der Waals surface area contributed by atoms with Crippen molar-refractivity contribution in [3.63, 3.8) is 0 Å². The SMILES string of the molecule is CCC(O)(O)C1CCC(CO)C1. The lowest BCUT2D eigenvalue weighted by Gasteiger charge is -2.27. The highest BCUT2D eigenvalue weighted by Gasteiger charge is 2.38. The quantitative estimate of drug-likeness (QED) is 0.545. The molecule has 0 aliphatic heterocycles. The van der Waals surface area contributed by atoms with Gasteiger partial charge in [0.15, 0.2) is 5.79 Å². The second kappa shape index (κ2) is 3.73. The van der Waals surface area contributed by atoms with Crippen LogP contribution in [0.2, 0.25) is 0 Å². The predicted molar refractivity (Wildman–Crippen MR) is 45.4 cm³/mol. The fourth-order valence-electron chi connectivity index (χ4n) is 1.95. The van der Waals surface area contributed by atoms with Gasteiger partial charge in [-0.25, -0.2) is 0 Å². The van der Waals surface area contributed by atoms with Gasteiger partial charge in [-0.05, 0) is 31.6 Å². The largest absolute Gasteiger partial charge is 0.396 e. The van der Waals surface area contributed by atoms with Gasteiger partial charge in [-0.2, -0.15) is 0 Å². The lowest BCUT2D eigenvalue weighted by Crippen LogP contribution is -2.35. The Hall–Kier alpha value is -0.120. The first-order valence-corrected chi connectivity index (χ1v) is 4.65. The fourth-order valence-corrected chi connectivity index (χ4v) is 1.95. The van der Waals surface area contributed by atoms with Crippen LogP contribution in [0.25, 0.3) is 0 Å². The molecule has 1 saturated carbocycles. The average Bonchev–Trinajstić information content (AvgIpc) is 2.52. The molecule has 0 saturated heterocycles. The minimum Gasteiger partial charge on any atom is -0.396 e. The lowest BCUT2D eigenvalue weighted by atomic mass is 9.94. The van der Waals surface area contributed by atoms with Crippen molar-refractivity contribution in [3.8, 4) is 0 Å². The molecular formula is C9H18O3. The van der Waals surface area contributed by atoms with Crippen molar-refractivity contribution < 1.29 is 15.3 Å². The van der Waals surface area contributed by atoms with Crippen LogP contribution in [0.3, 0.4) is 0 Å². The van der Waals surface area contributed by atoms with Crippen LogP contribution in [0.4, 0.5) is 0 Å². The Morgan fingerprint density at radius 1 is 1.33 bits per heavy atom. The van der Waals surface area contributed by atoms with Gasteiger partial charge in [0.05, 0.1) is 0 Å². The van der Waals surface area contributed by atoms with Crippen LogP contribution in [-0.4, -0.2) is 27.7 Å². The monoisotopic (exact) mass is 174 g/mol. The summed E-state index contributed by atoms with van der Waals surface area (Å²) in [6.07, 6.45) is 2.86. The number of rotatable bonds is 3. The minimum atomic E-state index is -1.51. The molecule has 3 heteroatoms. The number of aliphatic hydroxyl groups is 3. The maximum atomic E-state index is 9.51. The standard InChI is InChI=1S/C9H18O3/c1-2-9(11,12)8-4-3-7(5-8)6-10/h7-8,10-12H,2-6H2,1H3. The van der Waals surface area contributed by atoms with E-state index in [1.54, 1.807) is 6.92 Å². The zero-order chi connectivity index (χ0) is 9.19. The van der Waals surface area contributed by atoms with Crippen LogP contribution in [0.1, 0.15) is 32.6 Å². The summed E-state index contributed by atoms with van der Waals surface area (Å²) in [5.74, 6) is -1.27. The van der Waals surface area contributed by atoms with Crippen molar-refractivity contribution in [2.24, 2.45) is 11.8 Å². The molecule has 0 radical (unpaired) electrons. The summed E-state index contributed by atoms with van der Waals surface area (Å²) in [6.45, 7) is 1.95. The summed E-state index contributed by atoms with van der Waals surface area (Å²) >= 11 is 0. The smallest absolute Gasteiger partial charge is 0.165 e. The third-order valence-corrected chi connectivity index (χ3v) is 2.97. The second-order valence-corrected chi connectivity index (χ2v) is 3.79. The van der Waals surface area contributed by atoms with E-state index in [0.29, 0.717) is 6.42 Å². The first kappa shape index (κ1) is 9.96. The fraction of sp³-hybridized carbons (Fsp3) is 1.00. The molecule has 2 unspecified atom stereocenters. The summed E-state index contributed by atoms with van der Waals surface area (Å²) in [5.41, 5.74) is 0. The van der Waals surface area contributed by atoms with Crippen molar-refractivity contribution in [2.45, 2.75) is 38.4 Å². The Labute approximate surface area is 73.0 Å². The normalized spacial score (nSPS) is 31.0. The van der Waals surface area contributed by atoms with Crippen molar-refractivity contribution in [2.75, 3.05) is 6.61 Å². The molecule has 1 aliphatic rings. The Balaban J connectivity index is 2.46. The number of hydrogen-bond donors (Lipinski definition) is 3. The van der Waals surface area contributed by atoms with Crippen molar-refractivity contribution in [1.29, 1.82) is 0 Å². The highest BCUT2D eigenvalue weighted by atomic mass is 16.5. The van der Waals surface area contributed by atoms with Crippen molar-refractivity contribution in [1.82, 2.24) is 0 Å². The van der Waals surface area contributed by atoms with Crippen LogP contribution in [0.5, 0.6) is 0 Å². The van der Waals surface area contributed by atoms with Gasteiger partial charge in [0.2, 0.25) is 0 Å². The summed E-state index contributed by atoms with van der Waals surface area (Å²) in [6, 6.07) is 0. The van der Waals surface area contributed by atoms with E-state index in [2.05, 4.69) is 0 Å². The van der Waals surface area contributed by atoms with Gasteiger partial charge in [-0.1, -0.05) is 6.92 Å². The highest BCUT2D eigenvalue weighted by molar-refractivity contribution is 4.83. The summed E-state index contributed by atoms with van der Waals surface area (Å²) in [5, 5.41) is 27.9. The van der Waals surface area contributed by atoms with Gasteiger partial charge >= 0.3 is 0 Å². The molecule has 0 aromatic rings. The molecule has 1 aliphatic carbocycles. The van der Waals surface area contributed by atoms with E-state index in [-0.39, 0.29) is 18.4 Å². The molecule has 0 amide bonds. The first-order chi connectivity index (χ1) is 5.60. The van der Waals surface area contributed by atoms with E-state index in [1.165, 1.54) is 0 Å². The van der Waals surface area contributed by atoms with Crippen molar-refractivity contribution >= 4 is 0 Å². The molecule has 0 bridgehead atoms. The Kier molecular flexibility index (Phi) is 3.09. The van der Waals surface area contributed by atoms with Crippen LogP contribution in [0.15, 0.2) is 0 Å². The summed E-state index contributed by atoms with van der Waals surface area (Å²) in [7, 11) is 0. The van der Waals surface area contributed by atoms with Crippen LogP contribution in [-0.2, 0) is 0 Å². The third-order valence-electron chi connectivity index (χ3n) is 2.97. The molecule has 0 aromatic heterocycles. The Morgan fingerprint density at radius 3 is 2.42 bits per heavy atom. The number of hydrogen-bond acceptors (Lipinski definition) is 3. The van der Waals surface area contributed by atoms with E-state index in [9.17, 15) is 10.2 Å². The Bertz CT molecular complexity index is 145. The predicted octanol–water partition coefficient (Wildman–Crippen LogP) is 0.486. The summed E-state index contributed by atoms with van der Waals surface area (Å²) in [4.78, 5) is 0. The first-order valence-electron chi connectivity index (χ1n) is 4.65.